The Morgan fingerprint density at radius 1 is 1.28 bits per heavy atom. The van der Waals surface area contributed by atoms with E-state index in [-0.39, 0.29) is 10.5 Å². The highest BCUT2D eigenvalue weighted by Gasteiger charge is 2.21. The number of carbonyl (C=O) groups excluding carboxylic acids is 1. The molecule has 7 nitrogen and oxygen atoms in total. The molecule has 18 heavy (non-hydrogen) atoms. The number of amides is 1. The molecule has 1 rings (SSSR count). The number of aliphatic carboxylic acids is 1. The lowest BCUT2D eigenvalue weighted by molar-refractivity contribution is -0.138. The summed E-state index contributed by atoms with van der Waals surface area (Å²) in [5.74, 6) is -1.96. The summed E-state index contributed by atoms with van der Waals surface area (Å²) in [7, 11) is -3.93. The maximum absolute atomic E-state index is 11.7. The lowest BCUT2D eigenvalue weighted by Crippen LogP contribution is -2.38. The first-order valence-corrected chi connectivity index (χ1v) is 6.37. The van der Waals surface area contributed by atoms with Crippen molar-refractivity contribution in [3.8, 4) is 0 Å². The molecule has 0 spiro atoms. The van der Waals surface area contributed by atoms with Gasteiger partial charge in [0.2, 0.25) is 15.9 Å². The van der Waals surface area contributed by atoms with Gasteiger partial charge in [0.15, 0.2) is 0 Å². The van der Waals surface area contributed by atoms with Gasteiger partial charge in [-0.2, -0.15) is 4.72 Å². The van der Waals surface area contributed by atoms with Crippen LogP contribution in [0.15, 0.2) is 29.2 Å². The molecule has 0 aromatic heterocycles. The van der Waals surface area contributed by atoms with E-state index in [4.69, 9.17) is 10.8 Å². The first-order chi connectivity index (χ1) is 8.24. The summed E-state index contributed by atoms with van der Waals surface area (Å²) in [4.78, 5) is 21.2. The number of carboxylic acids is 1. The highest BCUT2D eigenvalue weighted by molar-refractivity contribution is 7.89. The molecule has 0 fully saturated rings. The maximum atomic E-state index is 11.7. The molecule has 1 aromatic carbocycles. The summed E-state index contributed by atoms with van der Waals surface area (Å²) >= 11 is 0. The predicted octanol–water partition coefficient (Wildman–Crippen LogP) is -0.463. The Hall–Kier alpha value is -1.93. The van der Waals surface area contributed by atoms with Gasteiger partial charge in [-0.1, -0.05) is 0 Å². The van der Waals surface area contributed by atoms with Gasteiger partial charge in [0.1, 0.15) is 6.04 Å². The second-order valence-corrected chi connectivity index (χ2v) is 5.28. The topological polar surface area (TPSA) is 127 Å². The minimum Gasteiger partial charge on any atom is -0.480 e. The highest BCUT2D eigenvalue weighted by atomic mass is 32.2. The van der Waals surface area contributed by atoms with Gasteiger partial charge in [-0.25, -0.2) is 8.42 Å². The average Bonchev–Trinajstić information content (AvgIpc) is 2.28. The standard InChI is InChI=1S/C10H12N2O5S/c1-6(10(14)15)12-18(16,17)8-4-2-7(3-5-8)9(11)13/h2-6,12H,1H3,(H2,11,13)(H,14,15)/t6-/m1/s1. The molecule has 0 heterocycles. The van der Waals surface area contributed by atoms with Gasteiger partial charge in [0.05, 0.1) is 4.90 Å². The van der Waals surface area contributed by atoms with Gasteiger partial charge in [-0.05, 0) is 31.2 Å². The van der Waals surface area contributed by atoms with E-state index in [2.05, 4.69) is 0 Å². The minimum atomic E-state index is -3.93. The Labute approximate surface area is 104 Å². The van der Waals surface area contributed by atoms with Crippen LogP contribution in [-0.2, 0) is 14.8 Å². The number of carboxylic acid groups (broad SMARTS) is 1. The zero-order chi connectivity index (χ0) is 13.9. The Bertz CT molecular complexity index is 564. The normalized spacial score (nSPS) is 12.9. The molecule has 98 valence electrons. The summed E-state index contributed by atoms with van der Waals surface area (Å²) in [6, 6.07) is 3.62. The molecular formula is C10H12N2O5S. The van der Waals surface area contributed by atoms with E-state index in [1.165, 1.54) is 31.2 Å². The van der Waals surface area contributed by atoms with Crippen LogP contribution < -0.4 is 10.5 Å². The third kappa shape index (κ3) is 3.28. The second-order valence-electron chi connectivity index (χ2n) is 3.57. The SMILES string of the molecule is C[C@@H](NS(=O)(=O)c1ccc(C(N)=O)cc1)C(=O)O. The number of rotatable bonds is 5. The van der Waals surface area contributed by atoms with Gasteiger partial charge in [-0.15, -0.1) is 0 Å². The molecule has 0 bridgehead atoms. The van der Waals surface area contributed by atoms with Crippen molar-refractivity contribution in [2.75, 3.05) is 0 Å². The number of benzene rings is 1. The molecule has 1 amide bonds. The molecule has 0 aliphatic carbocycles. The lowest BCUT2D eigenvalue weighted by atomic mass is 10.2. The largest absolute Gasteiger partial charge is 0.480 e. The van der Waals surface area contributed by atoms with Gasteiger partial charge >= 0.3 is 5.97 Å². The monoisotopic (exact) mass is 272 g/mol. The van der Waals surface area contributed by atoms with Gasteiger partial charge < -0.3 is 10.8 Å². The van der Waals surface area contributed by atoms with Crippen molar-refractivity contribution in [1.82, 2.24) is 4.72 Å². The number of hydrogen-bond donors (Lipinski definition) is 3. The van der Waals surface area contributed by atoms with Crippen LogP contribution in [0.3, 0.4) is 0 Å². The van der Waals surface area contributed by atoms with Crippen LogP contribution in [0.4, 0.5) is 0 Å². The summed E-state index contributed by atoms with van der Waals surface area (Å²) in [5.41, 5.74) is 5.18. The van der Waals surface area contributed by atoms with Crippen LogP contribution >= 0.6 is 0 Å². The van der Waals surface area contributed by atoms with Crippen molar-refractivity contribution >= 4 is 21.9 Å². The molecule has 0 saturated carbocycles. The van der Waals surface area contributed by atoms with Crippen molar-refractivity contribution in [3.63, 3.8) is 0 Å². The number of primary amides is 1. The molecule has 1 aromatic rings. The third-order valence-electron chi connectivity index (χ3n) is 2.15. The van der Waals surface area contributed by atoms with Crippen molar-refractivity contribution in [2.45, 2.75) is 17.9 Å². The van der Waals surface area contributed by atoms with E-state index < -0.39 is 27.9 Å². The van der Waals surface area contributed by atoms with Gasteiger partial charge in [-0.3, -0.25) is 9.59 Å². The van der Waals surface area contributed by atoms with E-state index >= 15 is 0 Å². The smallest absolute Gasteiger partial charge is 0.321 e. The molecule has 0 radical (unpaired) electrons. The number of hydrogen-bond acceptors (Lipinski definition) is 4. The fraction of sp³-hybridized carbons (Fsp3) is 0.200. The van der Waals surface area contributed by atoms with Crippen molar-refractivity contribution in [1.29, 1.82) is 0 Å². The van der Waals surface area contributed by atoms with Crippen molar-refractivity contribution in [3.05, 3.63) is 29.8 Å². The first-order valence-electron chi connectivity index (χ1n) is 4.89. The number of nitrogens with one attached hydrogen (secondary N) is 1. The number of carbonyl (C=O) groups is 2. The Morgan fingerprint density at radius 3 is 2.17 bits per heavy atom. The maximum Gasteiger partial charge on any atom is 0.321 e. The Kier molecular flexibility index (Phi) is 4.04. The second kappa shape index (κ2) is 5.15. The fourth-order valence-electron chi connectivity index (χ4n) is 1.15. The molecule has 8 heteroatoms. The zero-order valence-electron chi connectivity index (χ0n) is 9.45. The van der Waals surface area contributed by atoms with E-state index in [9.17, 15) is 18.0 Å². The van der Waals surface area contributed by atoms with Crippen LogP contribution in [0.2, 0.25) is 0 Å². The van der Waals surface area contributed by atoms with Gasteiger partial charge in [0.25, 0.3) is 0 Å². The van der Waals surface area contributed by atoms with Crippen LogP contribution in [0, 0.1) is 0 Å². The van der Waals surface area contributed by atoms with E-state index in [1.807, 2.05) is 4.72 Å². The quantitative estimate of drug-likeness (QED) is 0.668. The van der Waals surface area contributed by atoms with Crippen molar-refractivity contribution < 1.29 is 23.1 Å². The average molecular weight is 272 g/mol. The molecule has 0 aliphatic heterocycles. The summed E-state index contributed by atoms with van der Waals surface area (Å²) in [6.07, 6.45) is 0. The van der Waals surface area contributed by atoms with Crippen LogP contribution in [0.1, 0.15) is 17.3 Å². The lowest BCUT2D eigenvalue weighted by Gasteiger charge is -2.10. The summed E-state index contributed by atoms with van der Waals surface area (Å²) < 4.78 is 25.5. The Balaban J connectivity index is 2.99. The van der Waals surface area contributed by atoms with Gasteiger partial charge in [0, 0.05) is 5.56 Å². The van der Waals surface area contributed by atoms with Crippen molar-refractivity contribution in [2.24, 2.45) is 5.73 Å². The highest BCUT2D eigenvalue weighted by Crippen LogP contribution is 2.10. The molecule has 0 saturated heterocycles. The molecular weight excluding hydrogens is 260 g/mol. The predicted molar refractivity (Wildman–Crippen MR) is 62.4 cm³/mol. The molecule has 1 atom stereocenters. The summed E-state index contributed by atoms with van der Waals surface area (Å²) in [6.45, 7) is 1.21. The number of nitrogens with two attached hydrogens (primary N) is 1. The third-order valence-corrected chi connectivity index (χ3v) is 3.71. The fourth-order valence-corrected chi connectivity index (χ4v) is 2.35. The zero-order valence-corrected chi connectivity index (χ0v) is 10.3. The van der Waals surface area contributed by atoms with Crippen LogP contribution in [0.25, 0.3) is 0 Å². The molecule has 0 aliphatic rings. The van der Waals surface area contributed by atoms with E-state index in [0.717, 1.165) is 0 Å². The first kappa shape index (κ1) is 14.1. The van der Waals surface area contributed by atoms with Crippen LogP contribution in [0.5, 0.6) is 0 Å². The minimum absolute atomic E-state index is 0.138. The van der Waals surface area contributed by atoms with E-state index in [1.54, 1.807) is 0 Å². The Morgan fingerprint density at radius 2 is 1.78 bits per heavy atom. The molecule has 0 unspecified atom stereocenters. The summed E-state index contributed by atoms with van der Waals surface area (Å²) in [5, 5.41) is 8.62. The van der Waals surface area contributed by atoms with Crippen LogP contribution in [-0.4, -0.2) is 31.4 Å². The number of sulfonamides is 1. The molecule has 4 N–H and O–H groups in total. The van der Waals surface area contributed by atoms with E-state index in [0.29, 0.717) is 0 Å².